The number of rotatable bonds is 4. The van der Waals surface area contributed by atoms with Crippen molar-refractivity contribution in [1.29, 1.82) is 0 Å². The summed E-state index contributed by atoms with van der Waals surface area (Å²) in [4.78, 5) is 23.5. The van der Waals surface area contributed by atoms with Crippen molar-refractivity contribution in [2.45, 2.75) is 18.4 Å². The molecule has 0 radical (unpaired) electrons. The molecule has 7 heteroatoms. The fourth-order valence-electron chi connectivity index (χ4n) is 2.75. The summed E-state index contributed by atoms with van der Waals surface area (Å²) in [5.41, 5.74) is 4.96. The summed E-state index contributed by atoms with van der Waals surface area (Å²) >= 11 is 0. The second-order valence-electron chi connectivity index (χ2n) is 5.56. The molecule has 7 nitrogen and oxygen atoms in total. The van der Waals surface area contributed by atoms with Crippen LogP contribution in [0.4, 0.5) is 11.4 Å². The Kier molecular flexibility index (Phi) is 2.68. The minimum Gasteiger partial charge on any atom is -0.386 e. The minimum absolute atomic E-state index is 0.0761. The lowest BCUT2D eigenvalue weighted by Gasteiger charge is -2.48. The Morgan fingerprint density at radius 2 is 2.10 bits per heavy atom. The van der Waals surface area contributed by atoms with Gasteiger partial charge in [0.2, 0.25) is 5.91 Å². The van der Waals surface area contributed by atoms with E-state index in [0.29, 0.717) is 24.7 Å². The lowest BCUT2D eigenvalue weighted by atomic mass is 9.88. The zero-order chi connectivity index (χ0) is 14.5. The van der Waals surface area contributed by atoms with Crippen LogP contribution in [0, 0.1) is 16.0 Å². The van der Waals surface area contributed by atoms with Crippen LogP contribution >= 0.6 is 0 Å². The molecule has 1 saturated carbocycles. The molecule has 3 rings (SSSR count). The maximum atomic E-state index is 11.2. The van der Waals surface area contributed by atoms with Gasteiger partial charge in [-0.25, -0.2) is 0 Å². The first-order valence-electron chi connectivity index (χ1n) is 6.46. The molecule has 1 heterocycles. The smallest absolute Gasteiger partial charge is 0.292 e. The van der Waals surface area contributed by atoms with Gasteiger partial charge in [-0.05, 0) is 30.9 Å². The Balaban J connectivity index is 1.89. The van der Waals surface area contributed by atoms with E-state index in [0.717, 1.165) is 12.8 Å². The van der Waals surface area contributed by atoms with E-state index in [1.807, 2.05) is 0 Å². The maximum absolute atomic E-state index is 11.2. The Bertz CT molecular complexity index is 591. The third-order valence-electron chi connectivity index (χ3n) is 4.06. The first kappa shape index (κ1) is 12.9. The molecule has 1 aromatic carbocycles. The van der Waals surface area contributed by atoms with E-state index in [9.17, 15) is 20.0 Å². The summed E-state index contributed by atoms with van der Waals surface area (Å²) in [6.45, 7) is 0.724. The van der Waals surface area contributed by atoms with E-state index in [-0.39, 0.29) is 11.3 Å². The number of carbonyl (C=O) groups excluding carboxylic acids is 1. The van der Waals surface area contributed by atoms with Gasteiger partial charge in [-0.1, -0.05) is 0 Å². The van der Waals surface area contributed by atoms with Crippen LogP contribution in [0.3, 0.4) is 0 Å². The zero-order valence-corrected chi connectivity index (χ0v) is 10.8. The molecular formula is C13H15N3O4. The van der Waals surface area contributed by atoms with Crippen LogP contribution in [0.2, 0.25) is 0 Å². The number of benzene rings is 1. The van der Waals surface area contributed by atoms with E-state index in [4.69, 9.17) is 5.73 Å². The van der Waals surface area contributed by atoms with Crippen LogP contribution in [0.25, 0.3) is 0 Å². The van der Waals surface area contributed by atoms with Gasteiger partial charge in [0.05, 0.1) is 4.92 Å². The average Bonchev–Trinajstić information content (AvgIpc) is 3.18. The molecule has 20 heavy (non-hydrogen) atoms. The number of β-amino-alcohol motifs (C(OH)–C–C–N with tert-alkyl or cyclic N) is 1. The SMILES string of the molecule is NC(=O)c1ccc([N+](=O)[O-])c(N2CC(O)(C3CC3)C2)c1. The molecule has 1 aliphatic heterocycles. The largest absolute Gasteiger partial charge is 0.386 e. The Hall–Kier alpha value is -2.15. The summed E-state index contributed by atoms with van der Waals surface area (Å²) < 4.78 is 0. The lowest BCUT2D eigenvalue weighted by Crippen LogP contribution is -2.63. The number of aliphatic hydroxyl groups is 1. The molecule has 2 fully saturated rings. The molecule has 3 N–H and O–H groups in total. The zero-order valence-electron chi connectivity index (χ0n) is 10.8. The molecule has 0 bridgehead atoms. The van der Waals surface area contributed by atoms with Crippen LogP contribution in [-0.4, -0.2) is 34.6 Å². The van der Waals surface area contributed by atoms with Crippen molar-refractivity contribution in [2.24, 2.45) is 11.7 Å². The normalized spacial score (nSPS) is 20.4. The number of nitrogens with zero attached hydrogens (tertiary/aromatic N) is 2. The summed E-state index contributed by atoms with van der Waals surface area (Å²) in [6, 6.07) is 4.05. The van der Waals surface area contributed by atoms with Crippen molar-refractivity contribution in [3.63, 3.8) is 0 Å². The first-order valence-corrected chi connectivity index (χ1v) is 6.46. The average molecular weight is 277 g/mol. The van der Waals surface area contributed by atoms with E-state index in [2.05, 4.69) is 0 Å². The van der Waals surface area contributed by atoms with Gasteiger partial charge in [0.25, 0.3) is 5.69 Å². The van der Waals surface area contributed by atoms with Crippen molar-refractivity contribution < 1.29 is 14.8 Å². The van der Waals surface area contributed by atoms with Crippen LogP contribution in [0.15, 0.2) is 18.2 Å². The quantitative estimate of drug-likeness (QED) is 0.620. The highest BCUT2D eigenvalue weighted by Gasteiger charge is 2.52. The highest BCUT2D eigenvalue weighted by atomic mass is 16.6. The molecule has 2 aliphatic rings. The standard InChI is InChI=1S/C13H15N3O4/c14-12(17)8-1-4-10(16(19)20)11(5-8)15-6-13(18,7-15)9-2-3-9/h1,4-5,9,18H,2-3,6-7H2,(H2,14,17). The summed E-state index contributed by atoms with van der Waals surface area (Å²) in [5.74, 6) is -0.323. The molecule has 0 aromatic heterocycles. The Labute approximate surface area is 115 Å². The van der Waals surface area contributed by atoms with Gasteiger partial charge < -0.3 is 15.7 Å². The highest BCUT2D eigenvalue weighted by molar-refractivity contribution is 5.94. The molecular weight excluding hydrogens is 262 g/mol. The third-order valence-corrected chi connectivity index (χ3v) is 4.06. The number of hydrogen-bond acceptors (Lipinski definition) is 5. The summed E-state index contributed by atoms with van der Waals surface area (Å²) in [7, 11) is 0. The Morgan fingerprint density at radius 3 is 2.60 bits per heavy atom. The second-order valence-corrected chi connectivity index (χ2v) is 5.56. The summed E-state index contributed by atoms with van der Waals surface area (Å²) in [6.07, 6.45) is 2.02. The second kappa shape index (κ2) is 4.17. The van der Waals surface area contributed by atoms with Crippen LogP contribution in [0.1, 0.15) is 23.2 Å². The van der Waals surface area contributed by atoms with Crippen molar-refractivity contribution >= 4 is 17.3 Å². The molecule has 1 saturated heterocycles. The number of amides is 1. The van der Waals surface area contributed by atoms with Gasteiger partial charge in [-0.15, -0.1) is 0 Å². The molecule has 0 unspecified atom stereocenters. The highest BCUT2D eigenvalue weighted by Crippen LogP contribution is 2.47. The van der Waals surface area contributed by atoms with Crippen molar-refractivity contribution in [1.82, 2.24) is 0 Å². The van der Waals surface area contributed by atoms with E-state index in [1.165, 1.54) is 18.2 Å². The number of primary amides is 1. The van der Waals surface area contributed by atoms with Crippen LogP contribution in [-0.2, 0) is 0 Å². The van der Waals surface area contributed by atoms with Crippen molar-refractivity contribution in [2.75, 3.05) is 18.0 Å². The molecule has 1 aliphatic carbocycles. The first-order chi connectivity index (χ1) is 9.40. The summed E-state index contributed by atoms with van der Waals surface area (Å²) in [5, 5.41) is 21.3. The molecule has 1 aromatic rings. The number of anilines is 1. The Morgan fingerprint density at radius 1 is 1.45 bits per heavy atom. The maximum Gasteiger partial charge on any atom is 0.292 e. The molecule has 1 amide bonds. The predicted molar refractivity (Wildman–Crippen MR) is 71.5 cm³/mol. The van der Waals surface area contributed by atoms with Gasteiger partial charge >= 0.3 is 0 Å². The predicted octanol–water partition coefficient (Wildman–Crippen LogP) is 0.655. The van der Waals surface area contributed by atoms with E-state index in [1.54, 1.807) is 4.90 Å². The fourth-order valence-corrected chi connectivity index (χ4v) is 2.75. The van der Waals surface area contributed by atoms with Crippen LogP contribution < -0.4 is 10.6 Å². The van der Waals surface area contributed by atoms with Gasteiger partial charge in [0.15, 0.2) is 0 Å². The van der Waals surface area contributed by atoms with E-state index >= 15 is 0 Å². The third kappa shape index (κ3) is 2.00. The number of nitro benzene ring substituents is 1. The van der Waals surface area contributed by atoms with Gasteiger partial charge in [-0.2, -0.15) is 0 Å². The van der Waals surface area contributed by atoms with Gasteiger partial charge in [0.1, 0.15) is 11.3 Å². The lowest BCUT2D eigenvalue weighted by molar-refractivity contribution is -0.384. The number of hydrogen-bond donors (Lipinski definition) is 2. The topological polar surface area (TPSA) is 110 Å². The fraction of sp³-hybridized carbons (Fsp3) is 0.462. The molecule has 0 spiro atoms. The van der Waals surface area contributed by atoms with Crippen LogP contribution in [0.5, 0.6) is 0 Å². The van der Waals surface area contributed by atoms with E-state index < -0.39 is 16.4 Å². The van der Waals surface area contributed by atoms with Gasteiger partial charge in [0, 0.05) is 24.7 Å². The minimum atomic E-state index is -0.739. The van der Waals surface area contributed by atoms with Crippen molar-refractivity contribution in [3.05, 3.63) is 33.9 Å². The number of carbonyl (C=O) groups is 1. The molecule has 0 atom stereocenters. The monoisotopic (exact) mass is 277 g/mol. The molecule has 106 valence electrons. The van der Waals surface area contributed by atoms with Crippen molar-refractivity contribution in [3.8, 4) is 0 Å². The number of nitrogens with two attached hydrogens (primary N) is 1. The number of nitro groups is 1. The van der Waals surface area contributed by atoms with Gasteiger partial charge in [-0.3, -0.25) is 14.9 Å².